The highest BCUT2D eigenvalue weighted by molar-refractivity contribution is 5.93. The van der Waals surface area contributed by atoms with Crippen molar-refractivity contribution in [3.63, 3.8) is 0 Å². The molecular formula is C23H25N3O. The van der Waals surface area contributed by atoms with Gasteiger partial charge in [0.2, 0.25) is 0 Å². The standard InChI is InChI=1S/C23H25N3O/c27-23(22-16-24-26(18-22)17-21-9-5-2-6-10-21)25-13-11-20(12-14-25)15-19-7-3-1-4-8-19/h1-10,16,18,20H,11-15,17H2. The van der Waals surface area contributed by atoms with Gasteiger partial charge in [-0.1, -0.05) is 60.7 Å². The van der Waals surface area contributed by atoms with Crippen molar-refractivity contribution in [3.8, 4) is 0 Å². The molecule has 0 spiro atoms. The molecule has 2 aromatic carbocycles. The van der Waals surface area contributed by atoms with E-state index in [1.165, 1.54) is 11.1 Å². The average Bonchev–Trinajstić information content (AvgIpc) is 3.18. The van der Waals surface area contributed by atoms with E-state index in [2.05, 4.69) is 47.6 Å². The minimum atomic E-state index is 0.104. The maximum atomic E-state index is 12.8. The van der Waals surface area contributed by atoms with Crippen molar-refractivity contribution in [2.24, 2.45) is 5.92 Å². The molecule has 0 bridgehead atoms. The lowest BCUT2D eigenvalue weighted by atomic mass is 9.90. The van der Waals surface area contributed by atoms with Crippen LogP contribution >= 0.6 is 0 Å². The number of carbonyl (C=O) groups is 1. The van der Waals surface area contributed by atoms with Gasteiger partial charge in [-0.2, -0.15) is 5.10 Å². The zero-order chi connectivity index (χ0) is 18.5. The molecule has 0 saturated carbocycles. The zero-order valence-corrected chi connectivity index (χ0v) is 15.5. The molecule has 4 heteroatoms. The summed E-state index contributed by atoms with van der Waals surface area (Å²) < 4.78 is 1.84. The fourth-order valence-electron chi connectivity index (χ4n) is 3.80. The van der Waals surface area contributed by atoms with E-state index < -0.39 is 0 Å². The Morgan fingerprint density at radius 1 is 0.926 bits per heavy atom. The third kappa shape index (κ3) is 4.45. The van der Waals surface area contributed by atoms with Crippen LogP contribution in [0.4, 0.5) is 0 Å². The van der Waals surface area contributed by atoms with E-state index in [1.54, 1.807) is 6.20 Å². The van der Waals surface area contributed by atoms with Gasteiger partial charge in [0.05, 0.1) is 18.3 Å². The molecule has 0 N–H and O–H groups in total. The van der Waals surface area contributed by atoms with E-state index in [0.29, 0.717) is 18.0 Å². The molecule has 0 atom stereocenters. The molecule has 4 nitrogen and oxygen atoms in total. The van der Waals surface area contributed by atoms with Gasteiger partial charge in [0.15, 0.2) is 0 Å². The Hall–Kier alpha value is -2.88. The van der Waals surface area contributed by atoms with Crippen LogP contribution in [0.25, 0.3) is 0 Å². The second-order valence-corrected chi connectivity index (χ2v) is 7.34. The van der Waals surface area contributed by atoms with E-state index in [-0.39, 0.29) is 5.91 Å². The van der Waals surface area contributed by atoms with E-state index in [0.717, 1.165) is 32.4 Å². The van der Waals surface area contributed by atoms with Crippen LogP contribution in [-0.4, -0.2) is 33.7 Å². The Labute approximate surface area is 160 Å². The maximum Gasteiger partial charge on any atom is 0.257 e. The minimum absolute atomic E-state index is 0.104. The molecule has 0 radical (unpaired) electrons. The molecule has 138 valence electrons. The molecule has 0 unspecified atom stereocenters. The van der Waals surface area contributed by atoms with Crippen molar-refractivity contribution in [1.82, 2.24) is 14.7 Å². The number of carbonyl (C=O) groups excluding carboxylic acids is 1. The van der Waals surface area contributed by atoms with Crippen LogP contribution in [0.1, 0.15) is 34.3 Å². The van der Waals surface area contributed by atoms with Crippen LogP contribution in [0.2, 0.25) is 0 Å². The van der Waals surface area contributed by atoms with Gasteiger partial charge in [0.1, 0.15) is 0 Å². The van der Waals surface area contributed by atoms with E-state index >= 15 is 0 Å². The van der Waals surface area contributed by atoms with E-state index in [9.17, 15) is 4.79 Å². The molecule has 1 amide bonds. The summed E-state index contributed by atoms with van der Waals surface area (Å²) in [6.45, 7) is 2.35. The van der Waals surface area contributed by atoms with Gasteiger partial charge in [0, 0.05) is 19.3 Å². The van der Waals surface area contributed by atoms with E-state index in [1.807, 2.05) is 34.0 Å². The monoisotopic (exact) mass is 359 g/mol. The quantitative estimate of drug-likeness (QED) is 0.690. The summed E-state index contributed by atoms with van der Waals surface area (Å²) in [7, 11) is 0. The van der Waals surface area contributed by atoms with Gasteiger partial charge in [-0.3, -0.25) is 9.48 Å². The molecular weight excluding hydrogens is 334 g/mol. The molecule has 1 aliphatic heterocycles. The zero-order valence-electron chi connectivity index (χ0n) is 15.5. The van der Waals surface area contributed by atoms with Crippen LogP contribution in [0.15, 0.2) is 73.1 Å². The Kier molecular flexibility index (Phi) is 5.33. The number of hydrogen-bond acceptors (Lipinski definition) is 2. The predicted molar refractivity (Wildman–Crippen MR) is 107 cm³/mol. The van der Waals surface area contributed by atoms with Crippen LogP contribution in [-0.2, 0) is 13.0 Å². The number of aromatic nitrogens is 2. The smallest absolute Gasteiger partial charge is 0.257 e. The number of benzene rings is 2. The van der Waals surface area contributed by atoms with Crippen LogP contribution in [0.5, 0.6) is 0 Å². The first-order valence-corrected chi connectivity index (χ1v) is 9.67. The highest BCUT2D eigenvalue weighted by Gasteiger charge is 2.24. The van der Waals surface area contributed by atoms with Crippen LogP contribution < -0.4 is 0 Å². The van der Waals surface area contributed by atoms with Gasteiger partial charge in [0.25, 0.3) is 5.91 Å². The summed E-state index contributed by atoms with van der Waals surface area (Å²) >= 11 is 0. The second kappa shape index (κ2) is 8.21. The van der Waals surface area contributed by atoms with Crippen molar-refractivity contribution in [3.05, 3.63) is 89.7 Å². The van der Waals surface area contributed by atoms with Gasteiger partial charge in [-0.05, 0) is 36.3 Å². The summed E-state index contributed by atoms with van der Waals surface area (Å²) in [4.78, 5) is 14.8. The normalized spacial score (nSPS) is 15.0. The third-order valence-corrected chi connectivity index (χ3v) is 5.34. The Morgan fingerprint density at radius 2 is 1.56 bits per heavy atom. The average molecular weight is 359 g/mol. The van der Waals surface area contributed by atoms with Gasteiger partial charge in [-0.25, -0.2) is 0 Å². The van der Waals surface area contributed by atoms with Crippen molar-refractivity contribution < 1.29 is 4.79 Å². The van der Waals surface area contributed by atoms with Gasteiger partial charge in [-0.15, -0.1) is 0 Å². The Bertz CT molecular complexity index is 865. The van der Waals surface area contributed by atoms with Crippen molar-refractivity contribution >= 4 is 5.91 Å². The maximum absolute atomic E-state index is 12.8. The van der Waals surface area contributed by atoms with Crippen LogP contribution in [0.3, 0.4) is 0 Å². The summed E-state index contributed by atoms with van der Waals surface area (Å²) in [5.41, 5.74) is 3.26. The number of amides is 1. The van der Waals surface area contributed by atoms with E-state index in [4.69, 9.17) is 0 Å². The van der Waals surface area contributed by atoms with Gasteiger partial charge >= 0.3 is 0 Å². The molecule has 4 rings (SSSR count). The molecule has 1 aromatic heterocycles. The topological polar surface area (TPSA) is 38.1 Å². The first-order chi connectivity index (χ1) is 13.3. The molecule has 1 saturated heterocycles. The van der Waals surface area contributed by atoms with Gasteiger partial charge < -0.3 is 4.90 Å². The Morgan fingerprint density at radius 3 is 2.22 bits per heavy atom. The molecule has 1 aliphatic rings. The minimum Gasteiger partial charge on any atom is -0.339 e. The predicted octanol–water partition coefficient (Wildman–Crippen LogP) is 4.03. The molecule has 0 aliphatic carbocycles. The molecule has 2 heterocycles. The SMILES string of the molecule is O=C(c1cnn(Cc2ccccc2)c1)N1CCC(Cc2ccccc2)CC1. The van der Waals surface area contributed by atoms with Crippen molar-refractivity contribution in [2.45, 2.75) is 25.8 Å². The lowest BCUT2D eigenvalue weighted by Gasteiger charge is -2.31. The first kappa shape index (κ1) is 17.5. The fourth-order valence-corrected chi connectivity index (χ4v) is 3.80. The highest BCUT2D eigenvalue weighted by Crippen LogP contribution is 2.22. The number of likely N-dealkylation sites (tertiary alicyclic amines) is 1. The largest absolute Gasteiger partial charge is 0.339 e. The third-order valence-electron chi connectivity index (χ3n) is 5.34. The molecule has 27 heavy (non-hydrogen) atoms. The van der Waals surface area contributed by atoms with Crippen molar-refractivity contribution in [1.29, 1.82) is 0 Å². The number of hydrogen-bond donors (Lipinski definition) is 0. The lowest BCUT2D eigenvalue weighted by Crippen LogP contribution is -2.38. The summed E-state index contributed by atoms with van der Waals surface area (Å²) in [5, 5.41) is 4.37. The highest BCUT2D eigenvalue weighted by atomic mass is 16.2. The summed E-state index contributed by atoms with van der Waals surface area (Å²) in [5.74, 6) is 0.768. The molecule has 1 fully saturated rings. The summed E-state index contributed by atoms with van der Waals surface area (Å²) in [6.07, 6.45) is 6.81. The number of piperidine rings is 1. The first-order valence-electron chi connectivity index (χ1n) is 9.67. The summed E-state index contributed by atoms with van der Waals surface area (Å²) in [6, 6.07) is 20.8. The number of rotatable bonds is 5. The number of nitrogens with zero attached hydrogens (tertiary/aromatic N) is 3. The van der Waals surface area contributed by atoms with Crippen LogP contribution in [0, 0.1) is 5.92 Å². The Balaban J connectivity index is 1.32. The fraction of sp³-hybridized carbons (Fsp3) is 0.304. The lowest BCUT2D eigenvalue weighted by molar-refractivity contribution is 0.0690. The molecule has 3 aromatic rings. The second-order valence-electron chi connectivity index (χ2n) is 7.34. The van der Waals surface area contributed by atoms with Crippen molar-refractivity contribution in [2.75, 3.05) is 13.1 Å².